The predicted octanol–water partition coefficient (Wildman–Crippen LogP) is 2.65. The van der Waals surface area contributed by atoms with E-state index in [9.17, 15) is 19.5 Å². The van der Waals surface area contributed by atoms with Gasteiger partial charge in [0.2, 0.25) is 5.91 Å². The molecule has 5 fully saturated rings. The lowest BCUT2D eigenvalue weighted by molar-refractivity contribution is -0.203. The summed E-state index contributed by atoms with van der Waals surface area (Å²) in [7, 11) is 0. The van der Waals surface area contributed by atoms with Crippen LogP contribution in [0.25, 0.3) is 0 Å². The van der Waals surface area contributed by atoms with Crippen LogP contribution in [0.2, 0.25) is 0 Å². The summed E-state index contributed by atoms with van der Waals surface area (Å²) >= 11 is 0. The van der Waals surface area contributed by atoms with Crippen molar-refractivity contribution >= 4 is 17.5 Å². The van der Waals surface area contributed by atoms with Crippen LogP contribution in [0.1, 0.15) is 72.1 Å². The minimum absolute atomic E-state index is 0.0127. The Morgan fingerprint density at radius 2 is 2.08 bits per heavy atom. The van der Waals surface area contributed by atoms with Crippen molar-refractivity contribution in [2.75, 3.05) is 19.7 Å². The van der Waals surface area contributed by atoms with Crippen LogP contribution in [-0.2, 0) is 28.6 Å². The zero-order valence-corrected chi connectivity index (χ0v) is 24.0. The van der Waals surface area contributed by atoms with E-state index in [1.54, 1.807) is 17.1 Å². The maximum atomic E-state index is 14.4. The second kappa shape index (κ2) is 10.1. The quantitative estimate of drug-likeness (QED) is 0.490. The number of allylic oxidation sites excluding steroid dienone is 4. The Bertz CT molecular complexity index is 1140. The first kappa shape index (κ1) is 28.2. The fraction of sp³-hybridized carbons (Fsp3) is 0.774. The van der Waals surface area contributed by atoms with Crippen LogP contribution >= 0.6 is 0 Å². The molecule has 6 rings (SSSR count). The van der Waals surface area contributed by atoms with Gasteiger partial charge in [-0.05, 0) is 68.9 Å². The van der Waals surface area contributed by atoms with Gasteiger partial charge in [0.25, 0.3) is 0 Å². The van der Waals surface area contributed by atoms with Crippen molar-refractivity contribution in [3.63, 3.8) is 0 Å². The lowest BCUT2D eigenvalue weighted by atomic mass is 9.46. The van der Waals surface area contributed by atoms with Gasteiger partial charge in [0.05, 0.1) is 18.8 Å². The van der Waals surface area contributed by atoms with Gasteiger partial charge >= 0.3 is 0 Å². The number of likely N-dealkylation sites (tertiary alicyclic amines) is 1. The molecule has 0 aromatic carbocycles. The van der Waals surface area contributed by atoms with Crippen LogP contribution < -0.4 is 5.73 Å². The number of ketones is 2. The van der Waals surface area contributed by atoms with E-state index in [1.165, 1.54) is 0 Å². The van der Waals surface area contributed by atoms with Crippen molar-refractivity contribution in [3.8, 4) is 0 Å². The maximum absolute atomic E-state index is 14.4. The summed E-state index contributed by atoms with van der Waals surface area (Å²) in [5.74, 6) is -0.0967. The molecule has 40 heavy (non-hydrogen) atoms. The number of rotatable bonds is 7. The number of carbonyl (C=O) groups excluding carboxylic acids is 3. The molecular formula is C31H44N2O7. The summed E-state index contributed by atoms with van der Waals surface area (Å²) in [6, 6.07) is 0. The Hall–Kier alpha value is -1.91. The number of fused-ring (bicyclic) bond motifs is 7. The molecule has 2 heterocycles. The predicted molar refractivity (Wildman–Crippen MR) is 146 cm³/mol. The Morgan fingerprint density at radius 3 is 2.83 bits per heavy atom. The SMILES string of the molecule is CCCC1O[C@@H]2C[C@H]3[C@@H]4CCC5=CC(=O)C=C[C@]5(C)[C@H]4[C@@H](O)C[C@]3(C)[C@]2(C(=O)COC2CCCN2C(=O)CN)O1. The molecule has 3 N–H and O–H groups in total. The zero-order chi connectivity index (χ0) is 28.4. The van der Waals surface area contributed by atoms with Crippen LogP contribution in [-0.4, -0.2) is 77.5 Å². The van der Waals surface area contributed by atoms with Crippen molar-refractivity contribution in [1.82, 2.24) is 4.90 Å². The van der Waals surface area contributed by atoms with E-state index in [-0.39, 0.29) is 53.8 Å². The van der Waals surface area contributed by atoms with Gasteiger partial charge in [0.15, 0.2) is 23.5 Å². The average Bonchev–Trinajstić information content (AvgIpc) is 3.60. The first-order valence-electron chi connectivity index (χ1n) is 15.2. The highest BCUT2D eigenvalue weighted by Gasteiger charge is 2.75. The molecular weight excluding hydrogens is 512 g/mol. The van der Waals surface area contributed by atoms with Crippen molar-refractivity contribution in [3.05, 3.63) is 23.8 Å². The van der Waals surface area contributed by atoms with Gasteiger partial charge in [-0.15, -0.1) is 0 Å². The number of ether oxygens (including phenoxy) is 3. The molecule has 0 spiro atoms. The van der Waals surface area contributed by atoms with Gasteiger partial charge in [-0.1, -0.05) is 38.8 Å². The van der Waals surface area contributed by atoms with E-state index in [4.69, 9.17) is 19.9 Å². The molecule has 3 saturated carbocycles. The number of hydrogen-bond acceptors (Lipinski definition) is 8. The summed E-state index contributed by atoms with van der Waals surface area (Å²) in [4.78, 5) is 40.5. The largest absolute Gasteiger partial charge is 0.393 e. The fourth-order valence-electron chi connectivity index (χ4n) is 9.60. The Balaban J connectivity index is 1.30. The third-order valence-electron chi connectivity index (χ3n) is 11.3. The lowest BCUT2D eigenvalue weighted by Crippen LogP contribution is -2.63. The fourth-order valence-corrected chi connectivity index (χ4v) is 9.60. The van der Waals surface area contributed by atoms with Crippen LogP contribution in [0.5, 0.6) is 0 Å². The highest BCUT2D eigenvalue weighted by Crippen LogP contribution is 2.69. The van der Waals surface area contributed by atoms with Gasteiger partial charge in [-0.25, -0.2) is 0 Å². The normalized spacial score (nSPS) is 45.5. The van der Waals surface area contributed by atoms with Gasteiger partial charge < -0.3 is 30.0 Å². The molecule has 2 saturated heterocycles. The second-order valence-electron chi connectivity index (χ2n) is 13.3. The van der Waals surface area contributed by atoms with Crippen molar-refractivity contribution in [1.29, 1.82) is 0 Å². The van der Waals surface area contributed by atoms with Crippen LogP contribution in [0.15, 0.2) is 23.8 Å². The van der Waals surface area contributed by atoms with E-state index in [0.717, 1.165) is 31.3 Å². The highest BCUT2D eigenvalue weighted by molar-refractivity contribution is 6.01. The molecule has 2 unspecified atom stereocenters. The number of carbonyl (C=O) groups is 3. The lowest BCUT2D eigenvalue weighted by Gasteiger charge is -2.59. The van der Waals surface area contributed by atoms with Gasteiger partial charge in [-0.3, -0.25) is 14.4 Å². The molecule has 0 aromatic heterocycles. The molecule has 1 amide bonds. The first-order chi connectivity index (χ1) is 19.1. The number of nitrogens with two attached hydrogens (primary N) is 1. The first-order valence-corrected chi connectivity index (χ1v) is 15.2. The standard InChI is InChI=1S/C31H44N2O7/c1-4-6-27-39-24-14-21-20-9-8-18-13-19(34)10-11-29(18,2)28(20)22(35)15-30(21,3)31(24,40-27)23(36)17-38-26-7-5-12-33(26)25(37)16-32/h10-11,13,20-22,24,26-28,35H,4-9,12,14-17,32H2,1-3H3/t20-,21-,22-,24+,26?,27?,28+,29-,30-,31+/m0/s1. The van der Waals surface area contributed by atoms with Crippen LogP contribution in [0.3, 0.4) is 0 Å². The third-order valence-corrected chi connectivity index (χ3v) is 11.3. The Kier molecular flexibility index (Phi) is 7.14. The van der Waals surface area contributed by atoms with Gasteiger partial charge in [0.1, 0.15) is 12.8 Å². The van der Waals surface area contributed by atoms with E-state index in [0.29, 0.717) is 32.2 Å². The number of aliphatic hydroxyl groups excluding tert-OH is 1. The molecule has 0 bridgehead atoms. The second-order valence-corrected chi connectivity index (χ2v) is 13.3. The maximum Gasteiger partial charge on any atom is 0.238 e. The van der Waals surface area contributed by atoms with Crippen molar-refractivity contribution in [2.45, 2.75) is 102 Å². The van der Waals surface area contributed by atoms with E-state index in [1.807, 2.05) is 6.08 Å². The van der Waals surface area contributed by atoms with E-state index >= 15 is 0 Å². The number of amides is 1. The molecule has 0 radical (unpaired) electrons. The molecule has 0 aromatic rings. The molecule has 10 atom stereocenters. The Labute approximate surface area is 236 Å². The molecule has 220 valence electrons. The molecule has 4 aliphatic carbocycles. The molecule has 6 aliphatic rings. The van der Waals surface area contributed by atoms with E-state index < -0.39 is 35.7 Å². The number of nitrogens with zero attached hydrogens (tertiary/aromatic N) is 1. The topological polar surface area (TPSA) is 128 Å². The van der Waals surface area contributed by atoms with Crippen molar-refractivity contribution in [2.24, 2.45) is 34.3 Å². The third kappa shape index (κ3) is 3.95. The zero-order valence-electron chi connectivity index (χ0n) is 24.0. The molecule has 2 aliphatic heterocycles. The molecule has 9 heteroatoms. The highest BCUT2D eigenvalue weighted by atomic mass is 16.7. The summed E-state index contributed by atoms with van der Waals surface area (Å²) in [6.45, 7) is 6.63. The number of aliphatic hydroxyl groups is 1. The summed E-state index contributed by atoms with van der Waals surface area (Å²) in [5, 5.41) is 11.9. The van der Waals surface area contributed by atoms with Gasteiger partial charge in [0, 0.05) is 23.3 Å². The minimum atomic E-state index is -1.22. The summed E-state index contributed by atoms with van der Waals surface area (Å²) < 4.78 is 19.3. The summed E-state index contributed by atoms with van der Waals surface area (Å²) in [5.41, 5.74) is 4.45. The van der Waals surface area contributed by atoms with Crippen LogP contribution in [0.4, 0.5) is 0 Å². The smallest absolute Gasteiger partial charge is 0.238 e. The van der Waals surface area contributed by atoms with Gasteiger partial charge in [-0.2, -0.15) is 0 Å². The van der Waals surface area contributed by atoms with Crippen molar-refractivity contribution < 1.29 is 33.7 Å². The van der Waals surface area contributed by atoms with E-state index in [2.05, 4.69) is 20.8 Å². The van der Waals surface area contributed by atoms with Crippen LogP contribution in [0, 0.1) is 28.6 Å². The average molecular weight is 557 g/mol. The Morgan fingerprint density at radius 1 is 1.27 bits per heavy atom. The minimum Gasteiger partial charge on any atom is -0.393 e. The molecule has 9 nitrogen and oxygen atoms in total. The summed E-state index contributed by atoms with van der Waals surface area (Å²) in [6.07, 6.45) is 9.15. The number of Topliss-reactive ketones (excluding diaryl/α,β-unsaturated/α-hetero) is 1. The number of hydrogen-bond donors (Lipinski definition) is 2. The monoisotopic (exact) mass is 556 g/mol.